The van der Waals surface area contributed by atoms with Crippen LogP contribution in [0.2, 0.25) is 0 Å². The minimum atomic E-state index is 0.0355. The number of carbonyl (C=O) groups excluding carboxylic acids is 1. The van der Waals surface area contributed by atoms with Crippen LogP contribution in [0.25, 0.3) is 0 Å². The molecule has 3 heterocycles. The van der Waals surface area contributed by atoms with Crippen molar-refractivity contribution < 1.29 is 9.21 Å². The fourth-order valence-electron chi connectivity index (χ4n) is 2.96. The normalized spacial score (nSPS) is 27.5. The fourth-order valence-corrected chi connectivity index (χ4v) is 2.96. The number of aryl methyl sites for hydroxylation is 2. The summed E-state index contributed by atoms with van der Waals surface area (Å²) >= 11 is 0. The Kier molecular flexibility index (Phi) is 2.43. The van der Waals surface area contributed by atoms with Gasteiger partial charge < -0.3 is 14.6 Å². The maximum Gasteiger partial charge on any atom is 0.276 e. The van der Waals surface area contributed by atoms with Crippen molar-refractivity contribution in [3.05, 3.63) is 17.3 Å². The number of amides is 1. The van der Waals surface area contributed by atoms with E-state index < -0.39 is 0 Å². The number of rotatable bonds is 1. The summed E-state index contributed by atoms with van der Waals surface area (Å²) in [6.07, 6.45) is 2.19. The topological polar surface area (TPSA) is 58.4 Å². The molecule has 2 saturated heterocycles. The maximum atomic E-state index is 12.5. The number of nitrogens with one attached hydrogen (secondary N) is 1. The lowest BCUT2D eigenvalue weighted by atomic mass is 10.2. The Morgan fingerprint density at radius 3 is 2.53 bits per heavy atom. The van der Waals surface area contributed by atoms with Crippen LogP contribution in [0.3, 0.4) is 0 Å². The molecule has 2 aliphatic heterocycles. The molecule has 0 radical (unpaired) electrons. The van der Waals surface area contributed by atoms with Crippen LogP contribution in [-0.2, 0) is 0 Å². The molecular weight excluding hydrogens is 218 g/mol. The van der Waals surface area contributed by atoms with Crippen molar-refractivity contribution in [1.82, 2.24) is 15.2 Å². The van der Waals surface area contributed by atoms with Gasteiger partial charge in [-0.2, -0.15) is 0 Å². The predicted molar refractivity (Wildman–Crippen MR) is 61.8 cm³/mol. The van der Waals surface area contributed by atoms with Crippen molar-refractivity contribution in [3.63, 3.8) is 0 Å². The summed E-state index contributed by atoms with van der Waals surface area (Å²) in [7, 11) is 0. The number of fused-ring (bicyclic) bond motifs is 2. The molecule has 0 saturated carbocycles. The summed E-state index contributed by atoms with van der Waals surface area (Å²) in [5.74, 6) is 1.23. The average molecular weight is 235 g/mol. The van der Waals surface area contributed by atoms with Crippen LogP contribution in [-0.4, -0.2) is 41.0 Å². The van der Waals surface area contributed by atoms with E-state index in [1.54, 1.807) is 13.8 Å². The zero-order chi connectivity index (χ0) is 12.0. The maximum absolute atomic E-state index is 12.5. The number of aromatic nitrogens is 1. The van der Waals surface area contributed by atoms with Gasteiger partial charge in [0.1, 0.15) is 5.76 Å². The molecule has 1 aromatic rings. The van der Waals surface area contributed by atoms with Gasteiger partial charge in [-0.15, -0.1) is 0 Å². The Morgan fingerprint density at radius 1 is 1.35 bits per heavy atom. The zero-order valence-corrected chi connectivity index (χ0v) is 10.2. The molecule has 1 N–H and O–H groups in total. The van der Waals surface area contributed by atoms with Gasteiger partial charge in [0.25, 0.3) is 5.91 Å². The van der Waals surface area contributed by atoms with Crippen molar-refractivity contribution in [2.75, 3.05) is 13.1 Å². The summed E-state index contributed by atoms with van der Waals surface area (Å²) in [5, 5.41) is 3.37. The zero-order valence-electron chi connectivity index (χ0n) is 10.2. The first-order valence-corrected chi connectivity index (χ1v) is 6.14. The molecule has 17 heavy (non-hydrogen) atoms. The van der Waals surface area contributed by atoms with Crippen molar-refractivity contribution in [2.24, 2.45) is 0 Å². The Bertz CT molecular complexity index is 439. The van der Waals surface area contributed by atoms with Gasteiger partial charge in [0.15, 0.2) is 11.6 Å². The van der Waals surface area contributed by atoms with Crippen LogP contribution in [0.1, 0.15) is 35.0 Å². The molecule has 5 nitrogen and oxygen atoms in total. The van der Waals surface area contributed by atoms with Gasteiger partial charge in [0.2, 0.25) is 0 Å². The van der Waals surface area contributed by atoms with E-state index >= 15 is 0 Å². The molecule has 3 rings (SSSR count). The highest BCUT2D eigenvalue weighted by Gasteiger charge is 2.41. The first-order valence-electron chi connectivity index (χ1n) is 6.14. The van der Waals surface area contributed by atoms with E-state index in [9.17, 15) is 4.79 Å². The van der Waals surface area contributed by atoms with Gasteiger partial charge in [-0.3, -0.25) is 4.79 Å². The molecular formula is C12H17N3O2. The van der Waals surface area contributed by atoms with E-state index in [1.807, 2.05) is 4.90 Å². The SMILES string of the molecule is Cc1nc(C(=O)N2C3CCC2CNC3)c(C)o1. The average Bonchev–Trinajstić information content (AvgIpc) is 2.75. The summed E-state index contributed by atoms with van der Waals surface area (Å²) < 4.78 is 5.34. The number of hydrogen-bond donors (Lipinski definition) is 1. The number of carbonyl (C=O) groups is 1. The second-order valence-corrected chi connectivity index (χ2v) is 4.89. The third-order valence-corrected chi connectivity index (χ3v) is 3.72. The summed E-state index contributed by atoms with van der Waals surface area (Å²) in [6.45, 7) is 5.38. The minimum absolute atomic E-state index is 0.0355. The highest BCUT2D eigenvalue weighted by Crippen LogP contribution is 2.28. The first kappa shape index (κ1) is 10.8. The molecule has 0 aromatic carbocycles. The summed E-state index contributed by atoms with van der Waals surface area (Å²) in [5.41, 5.74) is 0.487. The first-order chi connectivity index (χ1) is 8.16. The summed E-state index contributed by atoms with van der Waals surface area (Å²) in [4.78, 5) is 18.7. The molecule has 2 fully saturated rings. The monoisotopic (exact) mass is 235 g/mol. The van der Waals surface area contributed by atoms with Crippen molar-refractivity contribution in [3.8, 4) is 0 Å². The Hall–Kier alpha value is -1.36. The standard InChI is InChI=1S/C12H17N3O2/c1-7-11(14-8(2)17-7)12(16)15-9-3-4-10(15)6-13-5-9/h9-10,13H,3-6H2,1-2H3. The van der Waals surface area contributed by atoms with Crippen molar-refractivity contribution >= 4 is 5.91 Å². The number of hydrogen-bond acceptors (Lipinski definition) is 4. The van der Waals surface area contributed by atoms with Gasteiger partial charge in [-0.05, 0) is 19.8 Å². The Labute approximate surface area is 100 Å². The molecule has 0 aliphatic carbocycles. The molecule has 2 unspecified atom stereocenters. The molecule has 1 aromatic heterocycles. The van der Waals surface area contributed by atoms with Gasteiger partial charge in [0.05, 0.1) is 0 Å². The lowest BCUT2D eigenvalue weighted by molar-refractivity contribution is 0.0612. The third-order valence-electron chi connectivity index (χ3n) is 3.72. The van der Waals surface area contributed by atoms with Crippen molar-refractivity contribution in [2.45, 2.75) is 38.8 Å². The van der Waals surface area contributed by atoms with Crippen LogP contribution >= 0.6 is 0 Å². The van der Waals surface area contributed by atoms with E-state index in [1.165, 1.54) is 0 Å². The smallest absolute Gasteiger partial charge is 0.276 e. The molecule has 2 atom stereocenters. The van der Waals surface area contributed by atoms with Crippen LogP contribution in [0.15, 0.2) is 4.42 Å². The highest BCUT2D eigenvalue weighted by atomic mass is 16.4. The van der Waals surface area contributed by atoms with Crippen LogP contribution in [0.4, 0.5) is 0 Å². The number of piperazine rings is 1. The molecule has 5 heteroatoms. The molecule has 1 amide bonds. The fraction of sp³-hybridized carbons (Fsp3) is 0.667. The summed E-state index contributed by atoms with van der Waals surface area (Å²) in [6, 6.07) is 0.662. The van der Waals surface area contributed by atoms with E-state index in [0.29, 0.717) is 29.4 Å². The Morgan fingerprint density at radius 2 is 2.00 bits per heavy atom. The lowest BCUT2D eigenvalue weighted by Gasteiger charge is -2.34. The molecule has 92 valence electrons. The van der Waals surface area contributed by atoms with Crippen LogP contribution < -0.4 is 5.32 Å². The van der Waals surface area contributed by atoms with Gasteiger partial charge in [-0.25, -0.2) is 4.98 Å². The number of nitrogens with zero attached hydrogens (tertiary/aromatic N) is 2. The van der Waals surface area contributed by atoms with Gasteiger partial charge in [0, 0.05) is 32.1 Å². The second-order valence-electron chi connectivity index (χ2n) is 4.89. The van der Waals surface area contributed by atoms with E-state index in [-0.39, 0.29) is 5.91 Å². The largest absolute Gasteiger partial charge is 0.445 e. The quantitative estimate of drug-likeness (QED) is 0.784. The molecule has 2 aliphatic rings. The second kappa shape index (κ2) is 3.84. The van der Waals surface area contributed by atoms with E-state index in [4.69, 9.17) is 4.42 Å². The highest BCUT2D eigenvalue weighted by molar-refractivity contribution is 5.94. The van der Waals surface area contributed by atoms with Crippen molar-refractivity contribution in [1.29, 1.82) is 0 Å². The molecule has 0 spiro atoms. The number of oxazole rings is 1. The molecule has 2 bridgehead atoms. The lowest BCUT2D eigenvalue weighted by Crippen LogP contribution is -2.54. The van der Waals surface area contributed by atoms with Crippen LogP contribution in [0, 0.1) is 13.8 Å². The minimum Gasteiger partial charge on any atom is -0.445 e. The van der Waals surface area contributed by atoms with Gasteiger partial charge >= 0.3 is 0 Å². The Balaban J connectivity index is 1.90. The van der Waals surface area contributed by atoms with E-state index in [2.05, 4.69) is 10.3 Å². The predicted octanol–water partition coefficient (Wildman–Crippen LogP) is 0.868. The van der Waals surface area contributed by atoms with Gasteiger partial charge in [-0.1, -0.05) is 0 Å². The third kappa shape index (κ3) is 1.65. The van der Waals surface area contributed by atoms with Crippen LogP contribution in [0.5, 0.6) is 0 Å². The van der Waals surface area contributed by atoms with E-state index in [0.717, 1.165) is 25.9 Å².